The maximum Gasteiger partial charge on any atom is 0.306 e. The van der Waals surface area contributed by atoms with Crippen LogP contribution in [0.3, 0.4) is 0 Å². The molecule has 5 heteroatoms. The third-order valence-corrected chi connectivity index (χ3v) is 10.5. The van der Waals surface area contributed by atoms with Gasteiger partial charge in [0, 0.05) is 12.8 Å². The molecule has 0 saturated heterocycles. The van der Waals surface area contributed by atoms with E-state index >= 15 is 0 Å². The first kappa shape index (κ1) is 48.9. The molecule has 0 aliphatic heterocycles. The summed E-state index contributed by atoms with van der Waals surface area (Å²) in [6.07, 6.45) is 40.7. The number of ether oxygens (including phenoxy) is 2. The summed E-state index contributed by atoms with van der Waals surface area (Å²) in [6, 6.07) is 0. The number of unbranched alkanes of at least 4 members (excludes halogenated alkanes) is 25. The van der Waals surface area contributed by atoms with Gasteiger partial charge in [-0.1, -0.05) is 175 Å². The van der Waals surface area contributed by atoms with Crippen LogP contribution in [-0.2, 0) is 19.1 Å². The standard InChI is InChI=1S/C45H89NO4/c1-5-9-12-15-20-28-35-42-49-44(47)38-31-24-18-19-26-33-40-46(8-4)41-34-27-21-25-32-39-45(48)50-43(36-29-22-16-13-10-6-2)37-30-23-17-14-11-7-3/h43H,5-42H2,1-4H3. The van der Waals surface area contributed by atoms with Gasteiger partial charge in [0.05, 0.1) is 6.61 Å². The molecule has 0 spiro atoms. The zero-order valence-corrected chi connectivity index (χ0v) is 34.5. The number of carbonyl (C=O) groups is 2. The normalized spacial score (nSPS) is 11.6. The summed E-state index contributed by atoms with van der Waals surface area (Å²) in [4.78, 5) is 27.2. The molecular weight excluding hydrogens is 618 g/mol. The molecule has 0 aromatic rings. The van der Waals surface area contributed by atoms with E-state index in [4.69, 9.17) is 9.47 Å². The summed E-state index contributed by atoms with van der Waals surface area (Å²) in [5.74, 6) is 0.0408. The van der Waals surface area contributed by atoms with Crippen LogP contribution >= 0.6 is 0 Å². The van der Waals surface area contributed by atoms with Gasteiger partial charge in [-0.15, -0.1) is 0 Å². The lowest BCUT2D eigenvalue weighted by atomic mass is 10.0. The molecule has 0 amide bonds. The van der Waals surface area contributed by atoms with Crippen molar-refractivity contribution in [3.63, 3.8) is 0 Å². The number of esters is 2. The fourth-order valence-electron chi connectivity index (χ4n) is 7.00. The van der Waals surface area contributed by atoms with Gasteiger partial charge in [-0.05, 0) is 77.4 Å². The van der Waals surface area contributed by atoms with Crippen molar-refractivity contribution in [2.75, 3.05) is 26.2 Å². The molecule has 0 aliphatic carbocycles. The van der Waals surface area contributed by atoms with Gasteiger partial charge in [0.15, 0.2) is 0 Å². The monoisotopic (exact) mass is 708 g/mol. The van der Waals surface area contributed by atoms with Crippen LogP contribution in [0.5, 0.6) is 0 Å². The molecule has 0 rings (SSSR count). The highest BCUT2D eigenvalue weighted by molar-refractivity contribution is 5.69. The second kappa shape index (κ2) is 40.7. The lowest BCUT2D eigenvalue weighted by Crippen LogP contribution is -2.25. The maximum absolute atomic E-state index is 12.7. The van der Waals surface area contributed by atoms with Crippen molar-refractivity contribution < 1.29 is 19.1 Å². The molecule has 0 bridgehead atoms. The molecule has 0 N–H and O–H groups in total. The zero-order valence-electron chi connectivity index (χ0n) is 34.5. The molecule has 5 nitrogen and oxygen atoms in total. The van der Waals surface area contributed by atoms with Crippen molar-refractivity contribution in [3.8, 4) is 0 Å². The lowest BCUT2D eigenvalue weighted by Gasteiger charge is -2.20. The van der Waals surface area contributed by atoms with Gasteiger partial charge >= 0.3 is 11.9 Å². The van der Waals surface area contributed by atoms with Crippen molar-refractivity contribution in [1.82, 2.24) is 4.90 Å². The minimum Gasteiger partial charge on any atom is -0.466 e. The molecule has 298 valence electrons. The lowest BCUT2D eigenvalue weighted by molar-refractivity contribution is -0.150. The minimum absolute atomic E-state index is 0.00150. The van der Waals surface area contributed by atoms with Gasteiger partial charge in [-0.3, -0.25) is 9.59 Å². The first-order valence-corrected chi connectivity index (χ1v) is 22.6. The Balaban J connectivity index is 3.82. The van der Waals surface area contributed by atoms with Gasteiger partial charge in [-0.25, -0.2) is 0 Å². The van der Waals surface area contributed by atoms with E-state index in [9.17, 15) is 9.59 Å². The van der Waals surface area contributed by atoms with Crippen LogP contribution in [0.15, 0.2) is 0 Å². The van der Waals surface area contributed by atoms with E-state index in [1.54, 1.807) is 0 Å². The summed E-state index contributed by atoms with van der Waals surface area (Å²) in [5, 5.41) is 0. The highest BCUT2D eigenvalue weighted by atomic mass is 16.5. The van der Waals surface area contributed by atoms with Gasteiger partial charge in [0.2, 0.25) is 0 Å². The van der Waals surface area contributed by atoms with Crippen LogP contribution in [0.25, 0.3) is 0 Å². The van der Waals surface area contributed by atoms with Crippen molar-refractivity contribution in [2.24, 2.45) is 0 Å². The summed E-state index contributed by atoms with van der Waals surface area (Å²) < 4.78 is 11.4. The van der Waals surface area contributed by atoms with Gasteiger partial charge in [0.1, 0.15) is 6.10 Å². The third kappa shape index (κ3) is 36.7. The fraction of sp³-hybridized carbons (Fsp3) is 0.956. The molecule has 0 unspecified atom stereocenters. The van der Waals surface area contributed by atoms with E-state index in [1.807, 2.05) is 0 Å². The van der Waals surface area contributed by atoms with Crippen molar-refractivity contribution in [2.45, 2.75) is 252 Å². The molecule has 0 fully saturated rings. The Morgan fingerprint density at radius 2 is 0.780 bits per heavy atom. The van der Waals surface area contributed by atoms with Gasteiger partial charge < -0.3 is 14.4 Å². The van der Waals surface area contributed by atoms with E-state index < -0.39 is 0 Å². The van der Waals surface area contributed by atoms with E-state index in [1.165, 1.54) is 174 Å². The van der Waals surface area contributed by atoms with Crippen molar-refractivity contribution in [3.05, 3.63) is 0 Å². The van der Waals surface area contributed by atoms with Crippen LogP contribution < -0.4 is 0 Å². The Morgan fingerprint density at radius 1 is 0.420 bits per heavy atom. The molecule has 0 radical (unpaired) electrons. The number of hydrogen-bond acceptors (Lipinski definition) is 5. The molecule has 0 saturated carbocycles. The SMILES string of the molecule is CCCCCCCCCOC(=O)CCCCCCCCN(CC)CCCCCCCC(=O)OC(CCCCCCCC)CCCCCCCC. The molecule has 0 aromatic carbocycles. The van der Waals surface area contributed by atoms with Crippen LogP contribution in [0, 0.1) is 0 Å². The highest BCUT2D eigenvalue weighted by Crippen LogP contribution is 2.18. The van der Waals surface area contributed by atoms with Crippen LogP contribution in [0.1, 0.15) is 246 Å². The largest absolute Gasteiger partial charge is 0.466 e. The molecule has 50 heavy (non-hydrogen) atoms. The van der Waals surface area contributed by atoms with E-state index in [-0.39, 0.29) is 18.0 Å². The summed E-state index contributed by atoms with van der Waals surface area (Å²) >= 11 is 0. The van der Waals surface area contributed by atoms with E-state index in [2.05, 4.69) is 32.6 Å². The highest BCUT2D eigenvalue weighted by Gasteiger charge is 2.14. The first-order chi connectivity index (χ1) is 24.6. The topological polar surface area (TPSA) is 55.8 Å². The fourth-order valence-corrected chi connectivity index (χ4v) is 7.00. The predicted molar refractivity (Wildman–Crippen MR) is 217 cm³/mol. The Kier molecular flexibility index (Phi) is 39.8. The Morgan fingerprint density at radius 3 is 1.22 bits per heavy atom. The quantitative estimate of drug-likeness (QED) is 0.0468. The number of rotatable bonds is 41. The predicted octanol–water partition coefficient (Wildman–Crippen LogP) is 14.1. The van der Waals surface area contributed by atoms with Crippen LogP contribution in [-0.4, -0.2) is 49.2 Å². The summed E-state index contributed by atoms with van der Waals surface area (Å²) in [6.45, 7) is 13.2. The Bertz CT molecular complexity index is 683. The summed E-state index contributed by atoms with van der Waals surface area (Å²) in [5.41, 5.74) is 0. The molecular formula is C45H89NO4. The Hall–Kier alpha value is -1.10. The molecule has 0 aromatic heterocycles. The number of nitrogens with zero attached hydrogens (tertiary/aromatic N) is 1. The average Bonchev–Trinajstić information content (AvgIpc) is 3.11. The third-order valence-electron chi connectivity index (χ3n) is 10.5. The first-order valence-electron chi connectivity index (χ1n) is 22.6. The van der Waals surface area contributed by atoms with Gasteiger partial charge in [0.25, 0.3) is 0 Å². The molecule has 0 atom stereocenters. The molecule has 0 aliphatic rings. The molecule has 0 heterocycles. The second-order valence-corrected chi connectivity index (χ2v) is 15.4. The second-order valence-electron chi connectivity index (χ2n) is 15.4. The number of hydrogen-bond donors (Lipinski definition) is 0. The van der Waals surface area contributed by atoms with Crippen molar-refractivity contribution >= 4 is 11.9 Å². The average molecular weight is 708 g/mol. The smallest absolute Gasteiger partial charge is 0.306 e. The van der Waals surface area contributed by atoms with Crippen LogP contribution in [0.2, 0.25) is 0 Å². The van der Waals surface area contributed by atoms with Gasteiger partial charge in [-0.2, -0.15) is 0 Å². The number of carbonyl (C=O) groups excluding carboxylic acids is 2. The Labute approximate surface area is 313 Å². The van der Waals surface area contributed by atoms with E-state index in [0.29, 0.717) is 19.4 Å². The van der Waals surface area contributed by atoms with E-state index in [0.717, 1.165) is 51.5 Å². The zero-order chi connectivity index (χ0) is 36.6. The summed E-state index contributed by atoms with van der Waals surface area (Å²) in [7, 11) is 0. The van der Waals surface area contributed by atoms with Crippen LogP contribution in [0.4, 0.5) is 0 Å². The van der Waals surface area contributed by atoms with Crippen molar-refractivity contribution in [1.29, 1.82) is 0 Å². The maximum atomic E-state index is 12.7. The minimum atomic E-state index is -0.00150.